The van der Waals surface area contributed by atoms with Crippen molar-refractivity contribution < 1.29 is 8.83 Å². The molecule has 2 heterocycles. The molecule has 0 unspecified atom stereocenters. The first-order chi connectivity index (χ1) is 33.6. The lowest BCUT2D eigenvalue weighted by Gasteiger charge is -2.30. The number of benzene rings is 10. The van der Waals surface area contributed by atoms with Gasteiger partial charge in [0.1, 0.15) is 11.2 Å². The maximum atomic E-state index is 7.14. The van der Waals surface area contributed by atoms with E-state index in [1.165, 1.54) is 65.7 Å². The lowest BCUT2D eigenvalue weighted by atomic mass is 9.87. The van der Waals surface area contributed by atoms with E-state index in [0.29, 0.717) is 0 Å². The average molecular weight is 913 g/mol. The predicted octanol–water partition coefficient (Wildman–Crippen LogP) is 19.7. The fourth-order valence-corrected chi connectivity index (χ4v) is 11.6. The molecular weight excluding hydrogens is 853 g/mol. The number of aryl methyl sites for hydroxylation is 4. The third kappa shape index (κ3) is 7.35. The molecule has 0 aliphatic rings. The van der Waals surface area contributed by atoms with E-state index in [0.717, 1.165) is 90.8 Å². The zero-order valence-corrected chi connectivity index (χ0v) is 42.1. The molecule has 0 atom stereocenters. The smallest absolute Gasteiger partial charge is 0.159 e. The molecule has 0 bridgehead atoms. The molecule has 0 fully saturated rings. The van der Waals surface area contributed by atoms with Crippen molar-refractivity contribution in [2.75, 3.05) is 9.80 Å². The summed E-state index contributed by atoms with van der Waals surface area (Å²) >= 11 is 0. The number of hydrogen-bond acceptors (Lipinski definition) is 4. The number of furan rings is 2. The maximum Gasteiger partial charge on any atom is 0.159 e. The second kappa shape index (κ2) is 16.0. The number of fused-ring (bicyclic) bond motifs is 6. The molecule has 12 aromatic rings. The van der Waals surface area contributed by atoms with Gasteiger partial charge in [-0.15, -0.1) is 0 Å². The van der Waals surface area contributed by atoms with Gasteiger partial charge in [-0.2, -0.15) is 0 Å². The normalized spacial score (nSPS) is 12.5. The SMILES string of the molecule is Cc1cc(C)cc(N(c2ccc3ccc4c(N(c5cc(C)cc(C)c5)c5cccc6c5oc5c(CC(C)(C)C)cccc56)ccc5ccc2c3c54)c2cccc3c2oc2c(CC(C)(C)C)cccc23)c1. The van der Waals surface area contributed by atoms with E-state index in [9.17, 15) is 0 Å². The van der Waals surface area contributed by atoms with Gasteiger partial charge < -0.3 is 18.6 Å². The van der Waals surface area contributed by atoms with Gasteiger partial charge in [0.05, 0.1) is 22.7 Å². The van der Waals surface area contributed by atoms with Gasteiger partial charge in [-0.05, 0) is 155 Å². The highest BCUT2D eigenvalue weighted by atomic mass is 16.3. The van der Waals surface area contributed by atoms with Crippen LogP contribution in [-0.4, -0.2) is 0 Å². The fraction of sp³-hybridized carbons (Fsp3) is 0.212. The molecule has 2 aromatic heterocycles. The lowest BCUT2D eigenvalue weighted by molar-refractivity contribution is 0.410. The van der Waals surface area contributed by atoms with Gasteiger partial charge in [-0.25, -0.2) is 0 Å². The molecule has 0 saturated carbocycles. The van der Waals surface area contributed by atoms with E-state index in [4.69, 9.17) is 8.83 Å². The first-order valence-corrected chi connectivity index (χ1v) is 24.9. The van der Waals surface area contributed by atoms with Crippen molar-refractivity contribution in [3.8, 4) is 0 Å². The van der Waals surface area contributed by atoms with Gasteiger partial charge in [0.2, 0.25) is 0 Å². The van der Waals surface area contributed by atoms with Crippen LogP contribution in [0.25, 0.3) is 76.2 Å². The summed E-state index contributed by atoms with van der Waals surface area (Å²) in [5, 5.41) is 11.8. The Balaban J connectivity index is 1.12. The third-order valence-electron chi connectivity index (χ3n) is 14.1. The fourth-order valence-electron chi connectivity index (χ4n) is 11.6. The Bertz CT molecular complexity index is 3730. The van der Waals surface area contributed by atoms with Crippen LogP contribution in [0, 0.1) is 38.5 Å². The molecule has 70 heavy (non-hydrogen) atoms. The van der Waals surface area contributed by atoms with Crippen molar-refractivity contribution in [3.05, 3.63) is 191 Å². The Morgan fingerprint density at radius 3 is 1.06 bits per heavy atom. The van der Waals surface area contributed by atoms with Crippen molar-refractivity contribution in [3.63, 3.8) is 0 Å². The van der Waals surface area contributed by atoms with Crippen LogP contribution < -0.4 is 9.80 Å². The van der Waals surface area contributed by atoms with Crippen LogP contribution in [0.5, 0.6) is 0 Å². The predicted molar refractivity (Wildman–Crippen MR) is 299 cm³/mol. The summed E-state index contributed by atoms with van der Waals surface area (Å²) in [6.07, 6.45) is 1.84. The molecule has 4 nitrogen and oxygen atoms in total. The molecule has 10 aromatic carbocycles. The van der Waals surface area contributed by atoms with E-state index < -0.39 is 0 Å². The largest absolute Gasteiger partial charge is 0.454 e. The van der Waals surface area contributed by atoms with E-state index in [1.807, 2.05) is 0 Å². The van der Waals surface area contributed by atoms with Crippen molar-refractivity contribution >= 4 is 110 Å². The number of rotatable bonds is 8. The van der Waals surface area contributed by atoms with Crippen LogP contribution in [0.4, 0.5) is 34.1 Å². The number of hydrogen-bond donors (Lipinski definition) is 0. The maximum absolute atomic E-state index is 7.14. The molecule has 4 heteroatoms. The number of nitrogens with zero attached hydrogens (tertiary/aromatic N) is 2. The summed E-state index contributed by atoms with van der Waals surface area (Å²) < 4.78 is 14.3. The summed E-state index contributed by atoms with van der Waals surface area (Å²) in [5.41, 5.74) is 17.7. The third-order valence-corrected chi connectivity index (χ3v) is 14.1. The molecule has 0 amide bonds. The summed E-state index contributed by atoms with van der Waals surface area (Å²) in [5.74, 6) is 0. The van der Waals surface area contributed by atoms with Crippen molar-refractivity contribution in [1.82, 2.24) is 0 Å². The summed E-state index contributed by atoms with van der Waals surface area (Å²) in [7, 11) is 0. The van der Waals surface area contributed by atoms with Crippen molar-refractivity contribution in [2.24, 2.45) is 10.8 Å². The van der Waals surface area contributed by atoms with Crippen LogP contribution in [0.15, 0.2) is 167 Å². The van der Waals surface area contributed by atoms with Crippen LogP contribution in [0.2, 0.25) is 0 Å². The van der Waals surface area contributed by atoms with Crippen LogP contribution >= 0.6 is 0 Å². The first-order valence-electron chi connectivity index (χ1n) is 24.9. The van der Waals surface area contributed by atoms with E-state index in [1.54, 1.807) is 0 Å². The molecular formula is C66H60N2O2. The number of para-hydroxylation sites is 4. The minimum absolute atomic E-state index is 0.107. The Hall–Kier alpha value is -7.56. The summed E-state index contributed by atoms with van der Waals surface area (Å²) in [4.78, 5) is 4.89. The minimum Gasteiger partial charge on any atom is -0.454 e. The monoisotopic (exact) mass is 912 g/mol. The summed E-state index contributed by atoms with van der Waals surface area (Å²) in [6, 6.07) is 58.8. The Morgan fingerprint density at radius 2 is 0.686 bits per heavy atom. The molecule has 0 radical (unpaired) electrons. The van der Waals surface area contributed by atoms with Gasteiger partial charge in [0, 0.05) is 43.7 Å². The molecule has 346 valence electrons. The Kier molecular flexibility index (Phi) is 9.99. The molecule has 0 aliphatic carbocycles. The Morgan fingerprint density at radius 1 is 0.343 bits per heavy atom. The van der Waals surface area contributed by atoms with Crippen LogP contribution in [0.1, 0.15) is 74.9 Å². The Labute approximate surface area is 411 Å². The van der Waals surface area contributed by atoms with Gasteiger partial charge in [-0.1, -0.05) is 151 Å². The molecule has 0 saturated heterocycles. The molecule has 0 aliphatic heterocycles. The van der Waals surface area contributed by atoms with E-state index in [2.05, 4.69) is 237 Å². The zero-order valence-electron chi connectivity index (χ0n) is 42.1. The molecule has 0 spiro atoms. The second-order valence-electron chi connectivity index (χ2n) is 22.5. The van der Waals surface area contributed by atoms with Gasteiger partial charge in [-0.3, -0.25) is 0 Å². The van der Waals surface area contributed by atoms with Crippen molar-refractivity contribution in [2.45, 2.75) is 82.1 Å². The quantitative estimate of drug-likeness (QED) is 0.142. The highest BCUT2D eigenvalue weighted by molar-refractivity contribution is 6.29. The van der Waals surface area contributed by atoms with Gasteiger partial charge in [0.15, 0.2) is 11.2 Å². The van der Waals surface area contributed by atoms with E-state index >= 15 is 0 Å². The second-order valence-corrected chi connectivity index (χ2v) is 22.5. The van der Waals surface area contributed by atoms with Crippen LogP contribution in [0.3, 0.4) is 0 Å². The highest BCUT2D eigenvalue weighted by Crippen LogP contribution is 2.51. The standard InChI is InChI=1S/C66H60N2O2/c1-39-31-40(2)34-47(33-39)67(57-21-13-19-51-49-17-11-15-45(37-65(5,6)7)61(49)69-63(51)57)55-29-25-43-24-28-54-56(30-26-44-23-27-53(55)59(43)60(44)54)68(48-35-41(3)32-42(4)36-48)58-22-14-20-52-50-18-12-16-46(38-66(8,9)10)62(50)70-64(52)58/h11-36H,37-38H2,1-10H3. The highest BCUT2D eigenvalue weighted by Gasteiger charge is 2.27. The summed E-state index contributed by atoms with van der Waals surface area (Å²) in [6.45, 7) is 22.5. The zero-order chi connectivity index (χ0) is 48.4. The number of anilines is 6. The van der Waals surface area contributed by atoms with Gasteiger partial charge in [0.25, 0.3) is 0 Å². The topological polar surface area (TPSA) is 32.8 Å². The average Bonchev–Trinajstić information content (AvgIpc) is 3.89. The van der Waals surface area contributed by atoms with E-state index in [-0.39, 0.29) is 10.8 Å². The van der Waals surface area contributed by atoms with Crippen molar-refractivity contribution in [1.29, 1.82) is 0 Å². The molecule has 0 N–H and O–H groups in total. The van der Waals surface area contributed by atoms with Crippen LogP contribution in [-0.2, 0) is 12.8 Å². The van der Waals surface area contributed by atoms with Gasteiger partial charge >= 0.3 is 0 Å². The minimum atomic E-state index is 0.107. The lowest BCUT2D eigenvalue weighted by Crippen LogP contribution is -2.12. The molecule has 12 rings (SSSR count). The first kappa shape index (κ1) is 43.7.